The fourth-order valence-corrected chi connectivity index (χ4v) is 6.61. The number of rotatable bonds is 8. The highest BCUT2D eigenvalue weighted by molar-refractivity contribution is 5.88. The molecule has 7 rings (SSSR count). The number of anilines is 1. The minimum atomic E-state index is -1.49. The largest absolute Gasteiger partial charge is 0.486 e. The first-order valence-electron chi connectivity index (χ1n) is 16.4. The number of ether oxygens (including phenoxy) is 3. The second kappa shape index (κ2) is 13.7. The van der Waals surface area contributed by atoms with Crippen molar-refractivity contribution in [3.05, 3.63) is 54.0 Å². The van der Waals surface area contributed by atoms with E-state index in [0.29, 0.717) is 23.4 Å². The average molecular weight is 660 g/mol. The zero-order valence-corrected chi connectivity index (χ0v) is 26.6. The molecule has 1 aliphatic carbocycles. The highest BCUT2D eigenvalue weighted by Crippen LogP contribution is 2.29. The van der Waals surface area contributed by atoms with Crippen LogP contribution in [0.15, 0.2) is 48.5 Å². The molecule has 1 aromatic heterocycles. The lowest BCUT2D eigenvalue weighted by Crippen LogP contribution is -2.56. The molecule has 0 radical (unpaired) electrons. The molecule has 1 aromatic carbocycles. The first-order chi connectivity index (χ1) is 23.3. The van der Waals surface area contributed by atoms with Gasteiger partial charge in [-0.25, -0.2) is 19.2 Å². The van der Waals surface area contributed by atoms with Crippen LogP contribution in [0.2, 0.25) is 0 Å². The molecule has 14 nitrogen and oxygen atoms in total. The summed E-state index contributed by atoms with van der Waals surface area (Å²) in [6, 6.07) is 6.82. The van der Waals surface area contributed by atoms with E-state index in [1.54, 1.807) is 25.1 Å². The lowest BCUT2D eigenvalue weighted by Gasteiger charge is -2.43. The molecule has 0 bridgehead atoms. The standard InChI is InChI=1S/C33H38FN9O5/c1-20-29(39-33(45)47-20)31(44)43-9-8-28(26(34)16-43)48-27-7-2-21(14-22(27)15-35)30-36-19-37-32(40-30)38-23-3-5-24(6-4-23)41-10-12-42(13-11-41)25-17-46-18-25/h2-3,5-7,14,19-20,23,25-26,28-29H,4,8-13,16-18H2,1H3,(H,39,45)(H,36,37,38,40)/t20-,23?,26+,28-,29-/m0/s1. The van der Waals surface area contributed by atoms with Gasteiger partial charge in [-0.1, -0.05) is 12.2 Å². The minimum Gasteiger partial charge on any atom is -0.486 e. The van der Waals surface area contributed by atoms with Crippen molar-refractivity contribution in [2.45, 2.75) is 56.3 Å². The number of allylic oxidation sites excluding steroid dienone is 1. The Labute approximate surface area is 277 Å². The number of hydrogen-bond donors (Lipinski definition) is 2. The van der Waals surface area contributed by atoms with Gasteiger partial charge in [-0.3, -0.25) is 9.69 Å². The smallest absolute Gasteiger partial charge is 0.408 e. The third-order valence-electron chi connectivity index (χ3n) is 9.51. The van der Waals surface area contributed by atoms with Gasteiger partial charge in [0.15, 0.2) is 12.0 Å². The maximum Gasteiger partial charge on any atom is 0.408 e. The molecule has 1 unspecified atom stereocenters. The Kier molecular flexibility index (Phi) is 9.09. The fourth-order valence-electron chi connectivity index (χ4n) is 6.61. The summed E-state index contributed by atoms with van der Waals surface area (Å²) < 4.78 is 31.5. The Morgan fingerprint density at radius 2 is 2.02 bits per heavy atom. The number of alkyl halides is 1. The lowest BCUT2D eigenvalue weighted by molar-refractivity contribution is -0.138. The molecule has 2 aromatic rings. The van der Waals surface area contributed by atoms with Crippen molar-refractivity contribution in [2.75, 3.05) is 57.8 Å². The molecule has 4 aliphatic heterocycles. The molecule has 4 saturated heterocycles. The Hall–Kier alpha value is -4.81. The summed E-state index contributed by atoms with van der Waals surface area (Å²) in [5.41, 5.74) is 2.04. The molecule has 5 aliphatic rings. The molecule has 15 heteroatoms. The van der Waals surface area contributed by atoms with E-state index in [1.807, 2.05) is 0 Å². The minimum absolute atomic E-state index is 0.0202. The molecular weight excluding hydrogens is 621 g/mol. The van der Waals surface area contributed by atoms with Crippen LogP contribution < -0.4 is 15.4 Å². The van der Waals surface area contributed by atoms with Crippen LogP contribution in [0.4, 0.5) is 15.1 Å². The first kappa shape index (κ1) is 31.8. The van der Waals surface area contributed by atoms with Crippen LogP contribution in [0.25, 0.3) is 11.4 Å². The predicted molar refractivity (Wildman–Crippen MR) is 170 cm³/mol. The summed E-state index contributed by atoms with van der Waals surface area (Å²) in [7, 11) is 0. The Morgan fingerprint density at radius 1 is 1.19 bits per heavy atom. The van der Waals surface area contributed by atoms with Crippen LogP contribution in [-0.2, 0) is 14.3 Å². The number of benzene rings is 1. The van der Waals surface area contributed by atoms with E-state index >= 15 is 4.39 Å². The van der Waals surface area contributed by atoms with Gasteiger partial charge < -0.3 is 34.6 Å². The van der Waals surface area contributed by atoms with Gasteiger partial charge in [0, 0.05) is 50.4 Å². The van der Waals surface area contributed by atoms with Crippen molar-refractivity contribution in [3.63, 3.8) is 0 Å². The highest BCUT2D eigenvalue weighted by atomic mass is 19.1. The van der Waals surface area contributed by atoms with E-state index in [4.69, 9.17) is 14.2 Å². The maximum atomic E-state index is 15.2. The number of piperidine rings is 1. The quantitative estimate of drug-likeness (QED) is 0.425. The summed E-state index contributed by atoms with van der Waals surface area (Å²) in [6.45, 7) is 7.46. The highest BCUT2D eigenvalue weighted by Gasteiger charge is 2.42. The van der Waals surface area contributed by atoms with Crippen molar-refractivity contribution >= 4 is 17.9 Å². The second-order valence-corrected chi connectivity index (χ2v) is 12.6. The zero-order valence-electron chi connectivity index (χ0n) is 26.6. The Bertz CT molecular complexity index is 1640. The molecule has 2 N–H and O–H groups in total. The Balaban J connectivity index is 0.933. The van der Waals surface area contributed by atoms with E-state index in [-0.39, 0.29) is 36.9 Å². The number of carbonyl (C=O) groups is 2. The zero-order chi connectivity index (χ0) is 33.2. The van der Waals surface area contributed by atoms with Crippen LogP contribution in [0, 0.1) is 11.3 Å². The molecule has 252 valence electrons. The normalized spacial score (nSPS) is 27.7. The van der Waals surface area contributed by atoms with E-state index in [9.17, 15) is 14.9 Å². The van der Waals surface area contributed by atoms with Crippen LogP contribution in [0.1, 0.15) is 25.3 Å². The summed E-state index contributed by atoms with van der Waals surface area (Å²) in [5.74, 6) is 0.641. The van der Waals surface area contributed by atoms with Crippen molar-refractivity contribution < 1.29 is 28.2 Å². The number of aromatic nitrogens is 3. The average Bonchev–Trinajstić information content (AvgIpc) is 3.42. The number of amides is 2. The lowest BCUT2D eigenvalue weighted by atomic mass is 10.0. The van der Waals surface area contributed by atoms with Gasteiger partial charge in [-0.05, 0) is 37.6 Å². The van der Waals surface area contributed by atoms with Gasteiger partial charge in [0.05, 0.1) is 37.4 Å². The molecule has 5 atom stereocenters. The van der Waals surface area contributed by atoms with Crippen LogP contribution >= 0.6 is 0 Å². The molecular formula is C33H38FN9O5. The molecule has 0 spiro atoms. The SMILES string of the molecule is C[C@@H]1OC(=O)N[C@@H]1C(=O)N1CC[C@H](Oc2ccc(-c3ncnc(NC4C=CC(N5CCN(C6COC6)CC5)=CC4)n3)cc2C#N)[C@H](F)C1. The number of nitrogens with zero attached hydrogens (tertiary/aromatic N) is 7. The number of nitriles is 1. The third kappa shape index (κ3) is 6.76. The van der Waals surface area contributed by atoms with Gasteiger partial charge in [-0.2, -0.15) is 10.2 Å². The van der Waals surface area contributed by atoms with Crippen molar-refractivity contribution in [2.24, 2.45) is 0 Å². The van der Waals surface area contributed by atoms with Gasteiger partial charge >= 0.3 is 6.09 Å². The van der Waals surface area contributed by atoms with E-state index in [2.05, 4.69) is 59.7 Å². The van der Waals surface area contributed by atoms with E-state index in [0.717, 1.165) is 45.8 Å². The van der Waals surface area contributed by atoms with Crippen molar-refractivity contribution in [1.29, 1.82) is 5.26 Å². The number of carbonyl (C=O) groups excluding carboxylic acids is 2. The Morgan fingerprint density at radius 3 is 2.69 bits per heavy atom. The predicted octanol–water partition coefficient (Wildman–Crippen LogP) is 1.87. The first-order valence-corrected chi connectivity index (χ1v) is 16.4. The van der Waals surface area contributed by atoms with Gasteiger partial charge in [0.1, 0.15) is 36.4 Å². The molecule has 4 fully saturated rings. The molecule has 5 heterocycles. The van der Waals surface area contributed by atoms with Gasteiger partial charge in [0.2, 0.25) is 11.9 Å². The number of likely N-dealkylation sites (tertiary alicyclic amines) is 1. The summed E-state index contributed by atoms with van der Waals surface area (Å²) in [6.07, 6.45) is 5.32. The van der Waals surface area contributed by atoms with Crippen LogP contribution in [-0.4, -0.2) is 131 Å². The number of piperazine rings is 1. The molecule has 2 amide bonds. The number of alkyl carbamates (subject to hydrolysis) is 1. The summed E-state index contributed by atoms with van der Waals surface area (Å²) >= 11 is 0. The molecule has 48 heavy (non-hydrogen) atoms. The van der Waals surface area contributed by atoms with Gasteiger partial charge in [0.25, 0.3) is 0 Å². The monoisotopic (exact) mass is 659 g/mol. The van der Waals surface area contributed by atoms with E-state index in [1.165, 1.54) is 16.9 Å². The third-order valence-corrected chi connectivity index (χ3v) is 9.51. The summed E-state index contributed by atoms with van der Waals surface area (Å²) in [4.78, 5) is 43.8. The summed E-state index contributed by atoms with van der Waals surface area (Å²) in [5, 5.41) is 15.7. The van der Waals surface area contributed by atoms with Gasteiger partial charge in [-0.15, -0.1) is 0 Å². The molecule has 0 saturated carbocycles. The maximum absolute atomic E-state index is 15.2. The number of hydrogen-bond acceptors (Lipinski definition) is 12. The fraction of sp³-hybridized carbons (Fsp3) is 0.515. The number of nitrogens with one attached hydrogen (secondary N) is 2. The van der Waals surface area contributed by atoms with Crippen LogP contribution in [0.3, 0.4) is 0 Å². The van der Waals surface area contributed by atoms with Crippen LogP contribution in [0.5, 0.6) is 5.75 Å². The van der Waals surface area contributed by atoms with E-state index < -0.39 is 36.4 Å². The topological polar surface area (TPSA) is 158 Å². The van der Waals surface area contributed by atoms with Crippen molar-refractivity contribution in [1.82, 2.24) is 35.0 Å². The number of halogens is 1. The number of cyclic esters (lactones) is 1. The second-order valence-electron chi connectivity index (χ2n) is 12.6. The van der Waals surface area contributed by atoms with Crippen molar-refractivity contribution in [3.8, 4) is 23.2 Å².